The first-order valence-corrected chi connectivity index (χ1v) is 11.0. The fourth-order valence-corrected chi connectivity index (χ4v) is 4.40. The monoisotopic (exact) mass is 418 g/mol. The quantitative estimate of drug-likeness (QED) is 0.611. The van der Waals surface area contributed by atoms with Gasteiger partial charge in [-0.05, 0) is 56.5 Å². The van der Waals surface area contributed by atoms with Gasteiger partial charge in [0.15, 0.2) is 0 Å². The van der Waals surface area contributed by atoms with Crippen LogP contribution in [-0.4, -0.2) is 40.6 Å². The van der Waals surface area contributed by atoms with Crippen LogP contribution in [0.5, 0.6) is 11.5 Å². The average molecular weight is 419 g/mol. The Hall–Kier alpha value is -2.58. The van der Waals surface area contributed by atoms with E-state index in [0.717, 1.165) is 29.7 Å². The number of methoxy groups -OCH3 is 1. The van der Waals surface area contributed by atoms with Crippen LogP contribution in [0.15, 0.2) is 41.3 Å². The van der Waals surface area contributed by atoms with Gasteiger partial charge in [-0.3, -0.25) is 4.79 Å². The lowest BCUT2D eigenvalue weighted by Gasteiger charge is -2.13. The van der Waals surface area contributed by atoms with Crippen LogP contribution in [0, 0.1) is 13.8 Å². The van der Waals surface area contributed by atoms with Gasteiger partial charge in [-0.25, -0.2) is 13.1 Å². The van der Waals surface area contributed by atoms with Crippen molar-refractivity contribution in [1.82, 2.24) is 10.0 Å². The smallest absolute Gasteiger partial charge is 0.251 e. The molecule has 7 nitrogen and oxygen atoms in total. The molecule has 8 heteroatoms. The first-order valence-electron chi connectivity index (χ1n) is 9.49. The molecule has 1 saturated carbocycles. The number of hydrogen-bond donors (Lipinski definition) is 2. The molecule has 2 aromatic rings. The second-order valence-electron chi connectivity index (χ2n) is 7.13. The second kappa shape index (κ2) is 8.84. The van der Waals surface area contributed by atoms with Gasteiger partial charge in [0, 0.05) is 11.6 Å². The molecule has 29 heavy (non-hydrogen) atoms. The van der Waals surface area contributed by atoms with Crippen molar-refractivity contribution < 1.29 is 22.7 Å². The van der Waals surface area contributed by atoms with E-state index in [4.69, 9.17) is 9.47 Å². The van der Waals surface area contributed by atoms with Gasteiger partial charge in [0.05, 0.1) is 13.7 Å². The van der Waals surface area contributed by atoms with E-state index in [-0.39, 0.29) is 28.2 Å². The first-order chi connectivity index (χ1) is 13.8. The highest BCUT2D eigenvalue weighted by atomic mass is 32.2. The molecule has 1 aliphatic rings. The minimum atomic E-state index is -3.75. The van der Waals surface area contributed by atoms with Gasteiger partial charge in [0.2, 0.25) is 10.0 Å². The van der Waals surface area contributed by atoms with Crippen LogP contribution in [-0.2, 0) is 10.0 Å². The average Bonchev–Trinajstić information content (AvgIpc) is 3.49. The lowest BCUT2D eigenvalue weighted by atomic mass is 10.1. The predicted molar refractivity (Wildman–Crippen MR) is 110 cm³/mol. The van der Waals surface area contributed by atoms with Gasteiger partial charge < -0.3 is 14.8 Å². The molecule has 0 aliphatic heterocycles. The molecule has 0 radical (unpaired) electrons. The van der Waals surface area contributed by atoms with E-state index < -0.39 is 10.0 Å². The summed E-state index contributed by atoms with van der Waals surface area (Å²) < 4.78 is 38.6. The maximum Gasteiger partial charge on any atom is 0.251 e. The summed E-state index contributed by atoms with van der Waals surface area (Å²) in [4.78, 5) is 12.4. The highest BCUT2D eigenvalue weighted by Gasteiger charge is 2.30. The fraction of sp³-hybridized carbons (Fsp3) is 0.381. The standard InChI is InChI=1S/C21H26N2O5S/c1-14-4-8-18(15(2)12-14)28-11-10-22-21(24)16-5-9-19(27-3)20(13-16)29(25,26)23-17-6-7-17/h4-5,8-9,12-13,17,23H,6-7,10-11H2,1-3H3,(H,22,24). The van der Waals surface area contributed by atoms with Gasteiger partial charge in [0.25, 0.3) is 5.91 Å². The number of amides is 1. The molecule has 3 rings (SSSR count). The molecule has 0 saturated heterocycles. The summed E-state index contributed by atoms with van der Waals surface area (Å²) in [7, 11) is -2.35. The largest absolute Gasteiger partial charge is 0.495 e. The highest BCUT2D eigenvalue weighted by molar-refractivity contribution is 7.89. The summed E-state index contributed by atoms with van der Waals surface area (Å²) in [5.74, 6) is 0.599. The molecule has 2 aromatic carbocycles. The third kappa shape index (κ3) is 5.48. The summed E-state index contributed by atoms with van der Waals surface area (Å²) in [5, 5.41) is 2.75. The van der Waals surface area contributed by atoms with Crippen molar-refractivity contribution in [3.05, 3.63) is 53.1 Å². The van der Waals surface area contributed by atoms with Crippen LogP contribution in [0.1, 0.15) is 34.3 Å². The van der Waals surface area contributed by atoms with Crippen molar-refractivity contribution in [1.29, 1.82) is 0 Å². The summed E-state index contributed by atoms with van der Waals surface area (Å²) in [6.45, 7) is 4.58. The number of benzene rings is 2. The van der Waals surface area contributed by atoms with Crippen molar-refractivity contribution >= 4 is 15.9 Å². The van der Waals surface area contributed by atoms with Crippen molar-refractivity contribution in [3.8, 4) is 11.5 Å². The van der Waals surface area contributed by atoms with Gasteiger partial charge in [-0.2, -0.15) is 0 Å². The molecule has 156 valence electrons. The summed E-state index contributed by atoms with van der Waals surface area (Å²) in [6.07, 6.45) is 1.64. The molecule has 0 spiro atoms. The Bertz CT molecular complexity index is 1000. The predicted octanol–water partition coefficient (Wildman–Crippen LogP) is 2.56. The van der Waals surface area contributed by atoms with Crippen molar-refractivity contribution in [2.24, 2.45) is 0 Å². The number of ether oxygens (including phenoxy) is 2. The Labute approximate surface area is 171 Å². The molecule has 0 atom stereocenters. The van der Waals surface area contributed by atoms with E-state index in [1.807, 2.05) is 32.0 Å². The van der Waals surface area contributed by atoms with Crippen molar-refractivity contribution in [2.75, 3.05) is 20.3 Å². The van der Waals surface area contributed by atoms with E-state index in [1.54, 1.807) is 0 Å². The third-order valence-corrected chi connectivity index (χ3v) is 6.13. The SMILES string of the molecule is COc1ccc(C(=O)NCCOc2ccc(C)cc2C)cc1S(=O)(=O)NC1CC1. The number of aryl methyl sites for hydroxylation is 2. The van der Waals surface area contributed by atoms with Gasteiger partial charge in [-0.15, -0.1) is 0 Å². The molecular weight excluding hydrogens is 392 g/mol. The number of hydrogen-bond acceptors (Lipinski definition) is 5. The normalized spacial score (nSPS) is 13.8. The van der Waals surface area contributed by atoms with Gasteiger partial charge in [0.1, 0.15) is 23.0 Å². The van der Waals surface area contributed by atoms with E-state index in [0.29, 0.717) is 13.2 Å². The molecule has 0 heterocycles. The molecule has 0 bridgehead atoms. The lowest BCUT2D eigenvalue weighted by molar-refractivity contribution is 0.0946. The van der Waals surface area contributed by atoms with Crippen LogP contribution in [0.4, 0.5) is 0 Å². The number of rotatable bonds is 9. The van der Waals surface area contributed by atoms with Crippen LogP contribution in [0.25, 0.3) is 0 Å². The topological polar surface area (TPSA) is 93.7 Å². The zero-order chi connectivity index (χ0) is 21.0. The number of carbonyl (C=O) groups excluding carboxylic acids is 1. The lowest BCUT2D eigenvalue weighted by Crippen LogP contribution is -2.29. The van der Waals surface area contributed by atoms with Crippen LogP contribution in [0.3, 0.4) is 0 Å². The van der Waals surface area contributed by atoms with Gasteiger partial charge in [-0.1, -0.05) is 17.7 Å². The molecule has 0 aromatic heterocycles. The Morgan fingerprint density at radius 1 is 1.10 bits per heavy atom. The highest BCUT2D eigenvalue weighted by Crippen LogP contribution is 2.28. The molecule has 1 fully saturated rings. The summed E-state index contributed by atoms with van der Waals surface area (Å²) in [5.41, 5.74) is 2.43. The number of nitrogens with one attached hydrogen (secondary N) is 2. The van der Waals surface area contributed by atoms with Crippen LogP contribution in [0.2, 0.25) is 0 Å². The van der Waals surface area contributed by atoms with E-state index in [9.17, 15) is 13.2 Å². The maximum absolute atomic E-state index is 12.6. The van der Waals surface area contributed by atoms with E-state index >= 15 is 0 Å². The van der Waals surface area contributed by atoms with E-state index in [1.165, 1.54) is 25.3 Å². The first kappa shape index (κ1) is 21.1. The number of sulfonamides is 1. The maximum atomic E-state index is 12.6. The summed E-state index contributed by atoms with van der Waals surface area (Å²) >= 11 is 0. The Kier molecular flexibility index (Phi) is 6.44. The van der Waals surface area contributed by atoms with E-state index in [2.05, 4.69) is 10.0 Å². The van der Waals surface area contributed by atoms with Crippen molar-refractivity contribution in [3.63, 3.8) is 0 Å². The molecule has 1 aliphatic carbocycles. The Morgan fingerprint density at radius 3 is 2.48 bits per heavy atom. The minimum absolute atomic E-state index is 0.0360. The van der Waals surface area contributed by atoms with Crippen LogP contribution >= 0.6 is 0 Å². The fourth-order valence-electron chi connectivity index (χ4n) is 2.90. The van der Waals surface area contributed by atoms with Crippen LogP contribution < -0.4 is 19.5 Å². The summed E-state index contributed by atoms with van der Waals surface area (Å²) in [6, 6.07) is 10.2. The minimum Gasteiger partial charge on any atom is -0.495 e. The third-order valence-electron chi connectivity index (χ3n) is 4.59. The second-order valence-corrected chi connectivity index (χ2v) is 8.82. The molecule has 0 unspecified atom stereocenters. The zero-order valence-electron chi connectivity index (χ0n) is 16.8. The number of carbonyl (C=O) groups is 1. The van der Waals surface area contributed by atoms with Crippen molar-refractivity contribution in [2.45, 2.75) is 37.6 Å². The zero-order valence-corrected chi connectivity index (χ0v) is 17.6. The van der Waals surface area contributed by atoms with Gasteiger partial charge >= 0.3 is 0 Å². The molecular formula is C21H26N2O5S. The molecule has 2 N–H and O–H groups in total. The Balaban J connectivity index is 1.62. The Morgan fingerprint density at radius 2 is 1.83 bits per heavy atom. The molecule has 1 amide bonds.